The SMILES string of the molecule is CC(=O)C(C)Oc1c(C)c(C)c2nc(C)c(C)c(C)c2c1C. The van der Waals surface area contributed by atoms with E-state index in [0.717, 1.165) is 39.0 Å². The first-order valence-electron chi connectivity index (χ1n) is 7.71. The van der Waals surface area contributed by atoms with Crippen molar-refractivity contribution in [3.8, 4) is 5.75 Å². The normalized spacial score (nSPS) is 12.5. The van der Waals surface area contributed by atoms with Crippen molar-refractivity contribution in [1.29, 1.82) is 0 Å². The molecule has 3 heteroatoms. The van der Waals surface area contributed by atoms with Gasteiger partial charge in [-0.25, -0.2) is 0 Å². The Morgan fingerprint density at radius 1 is 0.909 bits per heavy atom. The minimum Gasteiger partial charge on any atom is -0.482 e. The summed E-state index contributed by atoms with van der Waals surface area (Å²) in [6.07, 6.45) is -0.436. The van der Waals surface area contributed by atoms with Crippen LogP contribution in [0.25, 0.3) is 10.9 Å². The molecule has 0 bridgehead atoms. The molecule has 1 heterocycles. The van der Waals surface area contributed by atoms with E-state index in [0.29, 0.717) is 0 Å². The molecule has 0 aliphatic carbocycles. The number of Topliss-reactive ketones (excluding diaryl/α,β-unsaturated/α-hetero) is 1. The van der Waals surface area contributed by atoms with Crippen LogP contribution in [0.5, 0.6) is 5.75 Å². The number of fused-ring (bicyclic) bond motifs is 1. The topological polar surface area (TPSA) is 39.2 Å². The maximum absolute atomic E-state index is 11.5. The van der Waals surface area contributed by atoms with Crippen molar-refractivity contribution in [2.75, 3.05) is 0 Å². The summed E-state index contributed by atoms with van der Waals surface area (Å²) in [7, 11) is 0. The van der Waals surface area contributed by atoms with Gasteiger partial charge in [0.2, 0.25) is 0 Å². The summed E-state index contributed by atoms with van der Waals surface area (Å²) in [5.41, 5.74) is 7.81. The molecule has 0 aliphatic rings. The molecule has 0 radical (unpaired) electrons. The molecule has 1 atom stereocenters. The van der Waals surface area contributed by atoms with Crippen LogP contribution in [0.1, 0.15) is 47.4 Å². The second-order valence-electron chi connectivity index (χ2n) is 6.25. The van der Waals surface area contributed by atoms with Crippen LogP contribution in [0.3, 0.4) is 0 Å². The summed E-state index contributed by atoms with van der Waals surface area (Å²) < 4.78 is 5.97. The van der Waals surface area contributed by atoms with Gasteiger partial charge in [-0.1, -0.05) is 0 Å². The minimum atomic E-state index is -0.436. The lowest BCUT2D eigenvalue weighted by atomic mass is 9.93. The summed E-state index contributed by atoms with van der Waals surface area (Å²) in [6, 6.07) is 0. The molecule has 2 rings (SSSR count). The Labute approximate surface area is 132 Å². The number of hydrogen-bond acceptors (Lipinski definition) is 3. The predicted molar refractivity (Wildman–Crippen MR) is 90.9 cm³/mol. The van der Waals surface area contributed by atoms with Gasteiger partial charge in [-0.15, -0.1) is 0 Å². The number of aromatic nitrogens is 1. The highest BCUT2D eigenvalue weighted by Gasteiger charge is 2.20. The van der Waals surface area contributed by atoms with Gasteiger partial charge in [0.05, 0.1) is 5.52 Å². The number of aryl methyl sites for hydroxylation is 4. The second kappa shape index (κ2) is 5.71. The van der Waals surface area contributed by atoms with E-state index >= 15 is 0 Å². The van der Waals surface area contributed by atoms with E-state index in [1.807, 2.05) is 13.8 Å². The van der Waals surface area contributed by atoms with Crippen LogP contribution >= 0.6 is 0 Å². The highest BCUT2D eigenvalue weighted by atomic mass is 16.5. The number of benzene rings is 1. The Morgan fingerprint density at radius 2 is 1.50 bits per heavy atom. The number of ketones is 1. The van der Waals surface area contributed by atoms with Crippen LogP contribution in [-0.2, 0) is 4.79 Å². The molecule has 0 spiro atoms. The smallest absolute Gasteiger partial charge is 0.169 e. The number of nitrogens with zero attached hydrogens (tertiary/aromatic N) is 1. The van der Waals surface area contributed by atoms with Crippen LogP contribution in [-0.4, -0.2) is 16.9 Å². The Balaban J connectivity index is 2.83. The fourth-order valence-corrected chi connectivity index (χ4v) is 2.85. The fourth-order valence-electron chi connectivity index (χ4n) is 2.85. The molecule has 2 aromatic rings. The first-order valence-corrected chi connectivity index (χ1v) is 7.71. The van der Waals surface area contributed by atoms with Crippen LogP contribution in [0.4, 0.5) is 0 Å². The highest BCUT2D eigenvalue weighted by Crippen LogP contribution is 2.37. The van der Waals surface area contributed by atoms with E-state index in [4.69, 9.17) is 9.72 Å². The molecule has 0 saturated carbocycles. The van der Waals surface area contributed by atoms with E-state index in [2.05, 4.69) is 27.7 Å². The third-order valence-electron chi connectivity index (χ3n) is 4.84. The third-order valence-corrected chi connectivity index (χ3v) is 4.84. The van der Waals surface area contributed by atoms with Gasteiger partial charge in [-0.05, 0) is 77.6 Å². The first kappa shape index (κ1) is 16.5. The monoisotopic (exact) mass is 299 g/mol. The second-order valence-corrected chi connectivity index (χ2v) is 6.25. The average Bonchev–Trinajstić information content (AvgIpc) is 2.46. The molecule has 0 saturated heterocycles. The fraction of sp³-hybridized carbons (Fsp3) is 0.474. The maximum atomic E-state index is 11.5. The van der Waals surface area contributed by atoms with Crippen molar-refractivity contribution in [1.82, 2.24) is 4.98 Å². The molecule has 1 aromatic heterocycles. The summed E-state index contributed by atoms with van der Waals surface area (Å²) in [5, 5.41) is 1.15. The third kappa shape index (κ3) is 2.49. The van der Waals surface area contributed by atoms with Crippen molar-refractivity contribution < 1.29 is 9.53 Å². The first-order chi connectivity index (χ1) is 10.2. The number of carbonyl (C=O) groups excluding carboxylic acids is 1. The van der Waals surface area contributed by atoms with E-state index in [1.54, 1.807) is 13.8 Å². The minimum absolute atomic E-state index is 0.0338. The lowest BCUT2D eigenvalue weighted by Gasteiger charge is -2.21. The molecular weight excluding hydrogens is 274 g/mol. The van der Waals surface area contributed by atoms with Crippen LogP contribution in [0.15, 0.2) is 0 Å². The van der Waals surface area contributed by atoms with Crippen LogP contribution in [0, 0.1) is 41.5 Å². The Morgan fingerprint density at radius 3 is 2.05 bits per heavy atom. The van der Waals surface area contributed by atoms with Crippen molar-refractivity contribution in [3.05, 3.63) is 33.5 Å². The lowest BCUT2D eigenvalue weighted by molar-refractivity contribution is -0.122. The maximum Gasteiger partial charge on any atom is 0.169 e. The average molecular weight is 299 g/mol. The van der Waals surface area contributed by atoms with Gasteiger partial charge < -0.3 is 4.74 Å². The molecular formula is C19H25NO2. The van der Waals surface area contributed by atoms with Crippen LogP contribution < -0.4 is 4.74 Å². The van der Waals surface area contributed by atoms with E-state index in [9.17, 15) is 4.79 Å². The predicted octanol–water partition coefficient (Wildman–Crippen LogP) is 4.44. The van der Waals surface area contributed by atoms with Gasteiger partial charge in [-0.2, -0.15) is 0 Å². The van der Waals surface area contributed by atoms with E-state index in [-0.39, 0.29) is 5.78 Å². The Kier molecular flexibility index (Phi) is 4.28. The molecule has 22 heavy (non-hydrogen) atoms. The number of ether oxygens (including phenoxy) is 1. The van der Waals surface area contributed by atoms with Gasteiger partial charge >= 0.3 is 0 Å². The molecule has 0 amide bonds. The number of carbonyl (C=O) groups is 1. The molecule has 0 N–H and O–H groups in total. The molecule has 1 unspecified atom stereocenters. The van der Waals surface area contributed by atoms with Gasteiger partial charge in [0.1, 0.15) is 5.75 Å². The van der Waals surface area contributed by atoms with Crippen LogP contribution in [0.2, 0.25) is 0 Å². The molecule has 0 aliphatic heterocycles. The number of pyridine rings is 1. The van der Waals surface area contributed by atoms with Gasteiger partial charge in [-0.3, -0.25) is 9.78 Å². The van der Waals surface area contributed by atoms with Gasteiger partial charge in [0.25, 0.3) is 0 Å². The summed E-state index contributed by atoms with van der Waals surface area (Å²) in [4.78, 5) is 16.3. The van der Waals surface area contributed by atoms with Gasteiger partial charge in [0, 0.05) is 16.6 Å². The number of rotatable bonds is 3. The van der Waals surface area contributed by atoms with Gasteiger partial charge in [0.15, 0.2) is 11.9 Å². The quantitative estimate of drug-likeness (QED) is 0.841. The van der Waals surface area contributed by atoms with E-state index in [1.165, 1.54) is 11.1 Å². The van der Waals surface area contributed by atoms with Crippen molar-refractivity contribution in [2.24, 2.45) is 0 Å². The zero-order valence-electron chi connectivity index (χ0n) is 14.8. The largest absolute Gasteiger partial charge is 0.482 e. The number of hydrogen-bond donors (Lipinski definition) is 0. The van der Waals surface area contributed by atoms with Crippen molar-refractivity contribution in [2.45, 2.75) is 61.5 Å². The summed E-state index contributed by atoms with van der Waals surface area (Å²) >= 11 is 0. The van der Waals surface area contributed by atoms with E-state index < -0.39 is 6.10 Å². The Bertz CT molecular complexity index is 775. The molecule has 3 nitrogen and oxygen atoms in total. The summed E-state index contributed by atoms with van der Waals surface area (Å²) in [6.45, 7) is 15.8. The molecule has 0 fully saturated rings. The Hall–Kier alpha value is -1.90. The lowest BCUT2D eigenvalue weighted by Crippen LogP contribution is -2.22. The van der Waals surface area contributed by atoms with Crippen molar-refractivity contribution in [3.63, 3.8) is 0 Å². The zero-order chi connectivity index (χ0) is 16.8. The standard InChI is InChI=1S/C19H25NO2/c1-9-10(2)17-13(5)19(22-16(8)15(7)21)12(4)11(3)18(17)20-14(9)6/h16H,1-8H3. The highest BCUT2D eigenvalue weighted by molar-refractivity contribution is 5.92. The summed E-state index contributed by atoms with van der Waals surface area (Å²) in [5.74, 6) is 0.854. The zero-order valence-corrected chi connectivity index (χ0v) is 14.8. The molecule has 1 aromatic carbocycles. The van der Waals surface area contributed by atoms with Crippen molar-refractivity contribution >= 4 is 16.7 Å². The molecule has 118 valence electrons.